The molecule has 0 bridgehead atoms. The van der Waals surface area contributed by atoms with Crippen molar-refractivity contribution in [1.82, 2.24) is 5.32 Å². The normalized spacial score (nSPS) is 39.5. The third-order valence-electron chi connectivity index (χ3n) is 4.92. The molecule has 4 heteroatoms. The standard InChI is InChI=1S/C15H26F3N/c1-10-8-14(2,3)9-13(10)19-12-6-4-5-11(7-12)15(16,17)18/h10-13,19H,4-9H2,1-3H3. The van der Waals surface area contributed by atoms with Crippen LogP contribution >= 0.6 is 0 Å². The van der Waals surface area contributed by atoms with E-state index in [0.29, 0.717) is 30.2 Å². The van der Waals surface area contributed by atoms with Crippen molar-refractivity contribution in [1.29, 1.82) is 0 Å². The molecule has 0 aromatic heterocycles. The van der Waals surface area contributed by atoms with Crippen LogP contribution < -0.4 is 5.32 Å². The minimum Gasteiger partial charge on any atom is -0.311 e. The monoisotopic (exact) mass is 277 g/mol. The summed E-state index contributed by atoms with van der Waals surface area (Å²) in [6.45, 7) is 6.73. The molecule has 0 aliphatic heterocycles. The van der Waals surface area contributed by atoms with Crippen LogP contribution in [0.3, 0.4) is 0 Å². The van der Waals surface area contributed by atoms with E-state index in [0.717, 1.165) is 12.8 Å². The molecule has 4 unspecified atom stereocenters. The third-order valence-corrected chi connectivity index (χ3v) is 4.92. The van der Waals surface area contributed by atoms with Gasteiger partial charge in [0.15, 0.2) is 0 Å². The zero-order valence-electron chi connectivity index (χ0n) is 12.2. The second-order valence-electron chi connectivity index (χ2n) is 7.42. The second kappa shape index (κ2) is 5.27. The summed E-state index contributed by atoms with van der Waals surface area (Å²) >= 11 is 0. The number of halogens is 3. The van der Waals surface area contributed by atoms with Crippen molar-refractivity contribution in [2.24, 2.45) is 17.3 Å². The Bertz CT molecular complexity index is 311. The molecule has 0 heterocycles. The third kappa shape index (κ3) is 3.87. The van der Waals surface area contributed by atoms with Crippen LogP contribution in [0.4, 0.5) is 13.2 Å². The summed E-state index contributed by atoms with van der Waals surface area (Å²) in [4.78, 5) is 0. The number of nitrogens with one attached hydrogen (secondary N) is 1. The summed E-state index contributed by atoms with van der Waals surface area (Å²) in [6, 6.07) is 0.453. The SMILES string of the molecule is CC1CC(C)(C)CC1NC1CCCC(C(F)(F)F)C1. The maximum Gasteiger partial charge on any atom is 0.391 e. The minimum atomic E-state index is -4.01. The lowest BCUT2D eigenvalue weighted by molar-refractivity contribution is -0.183. The summed E-state index contributed by atoms with van der Waals surface area (Å²) in [6.07, 6.45) is 0.422. The molecular formula is C15H26F3N. The Kier molecular flexibility index (Phi) is 4.20. The molecule has 2 rings (SSSR count). The minimum absolute atomic E-state index is 0.0572. The van der Waals surface area contributed by atoms with Crippen LogP contribution in [0.15, 0.2) is 0 Å². The molecule has 2 fully saturated rings. The van der Waals surface area contributed by atoms with Gasteiger partial charge in [0.05, 0.1) is 5.92 Å². The average molecular weight is 277 g/mol. The molecule has 0 spiro atoms. The second-order valence-corrected chi connectivity index (χ2v) is 7.42. The molecule has 4 atom stereocenters. The van der Waals surface area contributed by atoms with Gasteiger partial charge in [-0.2, -0.15) is 13.2 Å². The molecule has 2 saturated carbocycles. The van der Waals surface area contributed by atoms with Crippen molar-refractivity contribution in [3.63, 3.8) is 0 Å². The highest BCUT2D eigenvalue weighted by atomic mass is 19.4. The van der Waals surface area contributed by atoms with Gasteiger partial charge < -0.3 is 5.32 Å². The van der Waals surface area contributed by atoms with Crippen LogP contribution in [-0.2, 0) is 0 Å². The van der Waals surface area contributed by atoms with Gasteiger partial charge in [0.2, 0.25) is 0 Å². The smallest absolute Gasteiger partial charge is 0.311 e. The van der Waals surface area contributed by atoms with Crippen LogP contribution in [0.1, 0.15) is 59.3 Å². The summed E-state index contributed by atoms with van der Waals surface area (Å²) < 4.78 is 38.4. The first kappa shape index (κ1) is 15.1. The van der Waals surface area contributed by atoms with Crippen molar-refractivity contribution in [2.45, 2.75) is 77.6 Å². The van der Waals surface area contributed by atoms with Gasteiger partial charge in [-0.25, -0.2) is 0 Å². The predicted molar refractivity (Wildman–Crippen MR) is 70.9 cm³/mol. The first-order valence-corrected chi connectivity index (χ1v) is 7.50. The number of alkyl halides is 3. The molecule has 1 N–H and O–H groups in total. The summed E-state index contributed by atoms with van der Waals surface area (Å²) in [5.74, 6) is -0.523. The van der Waals surface area contributed by atoms with E-state index in [1.165, 1.54) is 6.42 Å². The predicted octanol–water partition coefficient (Wildman–Crippen LogP) is 4.52. The Hall–Kier alpha value is -0.250. The zero-order chi connectivity index (χ0) is 14.3. The Morgan fingerprint density at radius 3 is 2.32 bits per heavy atom. The first-order chi connectivity index (χ1) is 8.67. The van der Waals surface area contributed by atoms with Gasteiger partial charge in [-0.05, 0) is 43.4 Å². The van der Waals surface area contributed by atoms with Crippen molar-refractivity contribution in [2.75, 3.05) is 0 Å². The maximum absolute atomic E-state index is 12.8. The number of hydrogen-bond donors (Lipinski definition) is 1. The molecule has 0 aromatic carbocycles. The van der Waals surface area contributed by atoms with E-state index in [4.69, 9.17) is 0 Å². The fourth-order valence-corrected chi connectivity index (χ4v) is 4.06. The van der Waals surface area contributed by atoms with Gasteiger partial charge in [-0.3, -0.25) is 0 Å². The number of rotatable bonds is 2. The Morgan fingerprint density at radius 1 is 1.11 bits per heavy atom. The molecule has 1 nitrogen and oxygen atoms in total. The molecule has 19 heavy (non-hydrogen) atoms. The van der Waals surface area contributed by atoms with Crippen molar-refractivity contribution < 1.29 is 13.2 Å². The van der Waals surface area contributed by atoms with Gasteiger partial charge in [-0.1, -0.05) is 27.2 Å². The fraction of sp³-hybridized carbons (Fsp3) is 1.00. The molecule has 112 valence electrons. The van der Waals surface area contributed by atoms with Crippen molar-refractivity contribution in [3.05, 3.63) is 0 Å². The quantitative estimate of drug-likeness (QED) is 0.782. The largest absolute Gasteiger partial charge is 0.391 e. The lowest BCUT2D eigenvalue weighted by atomic mass is 9.84. The van der Waals surface area contributed by atoms with E-state index < -0.39 is 12.1 Å². The van der Waals surface area contributed by atoms with Gasteiger partial charge in [0.25, 0.3) is 0 Å². The maximum atomic E-state index is 12.8. The van der Waals surface area contributed by atoms with Crippen LogP contribution in [0, 0.1) is 17.3 Å². The fourth-order valence-electron chi connectivity index (χ4n) is 4.06. The first-order valence-electron chi connectivity index (χ1n) is 7.50. The molecule has 0 saturated heterocycles. The Morgan fingerprint density at radius 2 is 1.79 bits per heavy atom. The van der Waals surface area contributed by atoms with E-state index in [1.54, 1.807) is 0 Å². The van der Waals surface area contributed by atoms with Crippen molar-refractivity contribution in [3.8, 4) is 0 Å². The lowest BCUT2D eigenvalue weighted by Gasteiger charge is -2.34. The van der Waals surface area contributed by atoms with E-state index in [-0.39, 0.29) is 12.5 Å². The van der Waals surface area contributed by atoms with Crippen LogP contribution in [-0.4, -0.2) is 18.3 Å². The van der Waals surface area contributed by atoms with E-state index in [2.05, 4.69) is 26.1 Å². The van der Waals surface area contributed by atoms with Crippen LogP contribution in [0.5, 0.6) is 0 Å². The summed E-state index contributed by atoms with van der Waals surface area (Å²) in [5.41, 5.74) is 0.329. The van der Waals surface area contributed by atoms with Gasteiger partial charge in [0, 0.05) is 12.1 Å². The molecule has 0 aromatic rings. The Labute approximate surface area is 114 Å². The van der Waals surface area contributed by atoms with Crippen LogP contribution in [0.2, 0.25) is 0 Å². The number of hydrogen-bond acceptors (Lipinski definition) is 1. The molecular weight excluding hydrogens is 251 g/mol. The lowest BCUT2D eigenvalue weighted by Crippen LogP contribution is -2.44. The van der Waals surface area contributed by atoms with E-state index in [1.807, 2.05) is 0 Å². The average Bonchev–Trinajstić information content (AvgIpc) is 2.51. The van der Waals surface area contributed by atoms with Gasteiger partial charge in [-0.15, -0.1) is 0 Å². The highest BCUT2D eigenvalue weighted by Crippen LogP contribution is 2.42. The molecule has 0 radical (unpaired) electrons. The topological polar surface area (TPSA) is 12.0 Å². The highest BCUT2D eigenvalue weighted by Gasteiger charge is 2.43. The van der Waals surface area contributed by atoms with E-state index in [9.17, 15) is 13.2 Å². The van der Waals surface area contributed by atoms with Crippen LogP contribution in [0.25, 0.3) is 0 Å². The summed E-state index contributed by atoms with van der Waals surface area (Å²) in [7, 11) is 0. The van der Waals surface area contributed by atoms with Gasteiger partial charge in [0.1, 0.15) is 0 Å². The zero-order valence-corrected chi connectivity index (χ0v) is 12.2. The molecule has 2 aliphatic carbocycles. The highest BCUT2D eigenvalue weighted by molar-refractivity contribution is 4.94. The molecule has 2 aliphatic rings. The van der Waals surface area contributed by atoms with Gasteiger partial charge >= 0.3 is 6.18 Å². The summed E-state index contributed by atoms with van der Waals surface area (Å²) in [5, 5.41) is 3.53. The van der Waals surface area contributed by atoms with E-state index >= 15 is 0 Å². The molecule has 0 amide bonds. The Balaban J connectivity index is 1.89. The van der Waals surface area contributed by atoms with Crippen molar-refractivity contribution >= 4 is 0 Å².